The molecule has 1 fully saturated rings. The van der Waals surface area contributed by atoms with Gasteiger partial charge in [-0.1, -0.05) is 29.8 Å². The molecule has 0 radical (unpaired) electrons. The molecule has 5 nitrogen and oxygen atoms in total. The monoisotopic (exact) mass is 369 g/mol. The molecule has 1 aromatic heterocycles. The molecule has 1 aliphatic heterocycles. The first-order chi connectivity index (χ1) is 12.7. The van der Waals surface area contributed by atoms with Gasteiger partial charge in [-0.2, -0.15) is 0 Å². The maximum Gasteiger partial charge on any atom is 0.256 e. The highest BCUT2D eigenvalue weighted by atomic mass is 35.5. The molecule has 0 saturated carbocycles. The first-order valence-electron chi connectivity index (χ1n) is 8.61. The van der Waals surface area contributed by atoms with Crippen molar-refractivity contribution < 1.29 is 9.53 Å². The highest BCUT2D eigenvalue weighted by molar-refractivity contribution is 6.31. The predicted octanol–water partition coefficient (Wildman–Crippen LogP) is 3.79. The Morgan fingerprint density at radius 1 is 1.12 bits per heavy atom. The molecule has 2 aromatic carbocycles. The van der Waals surface area contributed by atoms with Crippen molar-refractivity contribution in [2.75, 3.05) is 38.2 Å². The van der Waals surface area contributed by atoms with Crippen LogP contribution < -0.4 is 9.64 Å². The van der Waals surface area contributed by atoms with E-state index in [1.165, 1.54) is 0 Å². The lowest BCUT2D eigenvalue weighted by molar-refractivity contribution is 0.0748. The Bertz CT molecular complexity index is 945. The molecule has 0 unspecified atom stereocenters. The molecule has 0 aliphatic carbocycles. The van der Waals surface area contributed by atoms with Crippen molar-refractivity contribution in [3.8, 4) is 5.75 Å². The van der Waals surface area contributed by atoms with Gasteiger partial charge in [0.2, 0.25) is 0 Å². The lowest BCUT2D eigenvalue weighted by atomic mass is 10.1. The summed E-state index contributed by atoms with van der Waals surface area (Å²) in [7, 11) is 1.68. The Morgan fingerprint density at radius 2 is 1.88 bits per heavy atom. The number of amides is 1. The van der Waals surface area contributed by atoms with Crippen molar-refractivity contribution in [2.45, 2.75) is 0 Å². The third kappa shape index (κ3) is 2.99. The molecule has 2 heterocycles. The second-order valence-electron chi connectivity index (χ2n) is 6.34. The van der Waals surface area contributed by atoms with E-state index in [1.54, 1.807) is 13.3 Å². The highest BCUT2D eigenvalue weighted by Gasteiger charge is 2.25. The second kappa shape index (κ2) is 6.92. The molecule has 26 heavy (non-hydrogen) atoms. The number of aromatic amines is 1. The van der Waals surface area contributed by atoms with Crippen LogP contribution in [-0.4, -0.2) is 49.1 Å². The topological polar surface area (TPSA) is 48.6 Å². The number of aromatic nitrogens is 1. The number of anilines is 1. The number of rotatable bonds is 3. The van der Waals surface area contributed by atoms with Crippen LogP contribution in [0.5, 0.6) is 5.75 Å². The molecule has 4 rings (SSSR count). The minimum Gasteiger partial charge on any atom is -0.495 e. The Labute approximate surface area is 157 Å². The fourth-order valence-electron chi connectivity index (χ4n) is 3.49. The summed E-state index contributed by atoms with van der Waals surface area (Å²) < 4.78 is 5.45. The van der Waals surface area contributed by atoms with Gasteiger partial charge in [0, 0.05) is 48.3 Å². The van der Waals surface area contributed by atoms with Gasteiger partial charge in [-0.25, -0.2) is 0 Å². The molecule has 3 aromatic rings. The predicted molar refractivity (Wildman–Crippen MR) is 104 cm³/mol. The van der Waals surface area contributed by atoms with E-state index < -0.39 is 0 Å². The maximum absolute atomic E-state index is 13.0. The number of benzene rings is 2. The van der Waals surface area contributed by atoms with Crippen LogP contribution in [0.1, 0.15) is 10.4 Å². The Balaban J connectivity index is 1.50. The number of fused-ring (bicyclic) bond motifs is 1. The number of nitrogens with one attached hydrogen (secondary N) is 1. The minimum absolute atomic E-state index is 0.0539. The summed E-state index contributed by atoms with van der Waals surface area (Å²) in [5, 5.41) is 1.57. The zero-order chi connectivity index (χ0) is 18.1. The van der Waals surface area contributed by atoms with Crippen LogP contribution >= 0.6 is 11.6 Å². The van der Waals surface area contributed by atoms with E-state index in [0.29, 0.717) is 23.7 Å². The minimum atomic E-state index is 0.0539. The molecular weight excluding hydrogens is 350 g/mol. The quantitative estimate of drug-likeness (QED) is 0.764. The number of H-pyrrole nitrogens is 1. The van der Waals surface area contributed by atoms with Gasteiger partial charge >= 0.3 is 0 Å². The highest BCUT2D eigenvalue weighted by Crippen LogP contribution is 2.29. The number of carbonyl (C=O) groups excluding carboxylic acids is 1. The van der Waals surface area contributed by atoms with Crippen LogP contribution in [0.15, 0.2) is 48.7 Å². The van der Waals surface area contributed by atoms with Crippen LogP contribution in [0.2, 0.25) is 5.02 Å². The van der Waals surface area contributed by atoms with Gasteiger partial charge in [0.1, 0.15) is 5.75 Å². The average Bonchev–Trinajstić information content (AvgIpc) is 3.10. The zero-order valence-corrected chi connectivity index (χ0v) is 15.3. The summed E-state index contributed by atoms with van der Waals surface area (Å²) in [5.41, 5.74) is 2.65. The number of hydrogen-bond donors (Lipinski definition) is 1. The third-order valence-electron chi connectivity index (χ3n) is 4.87. The summed E-state index contributed by atoms with van der Waals surface area (Å²) in [6.45, 7) is 2.91. The summed E-state index contributed by atoms with van der Waals surface area (Å²) in [6.07, 6.45) is 1.77. The fourth-order valence-corrected chi connectivity index (χ4v) is 3.66. The Kier molecular flexibility index (Phi) is 4.47. The average molecular weight is 370 g/mol. The standard InChI is InChI=1S/C20H20ClN3O2/c1-26-19-5-3-2-4-18(19)23-8-10-24(11-9-23)20(25)16-13-22-17-12-14(21)6-7-15(16)17/h2-7,12-13,22H,8-11H2,1H3. The zero-order valence-electron chi connectivity index (χ0n) is 14.5. The molecule has 1 saturated heterocycles. The number of piperazine rings is 1. The van der Waals surface area contributed by atoms with Crippen LogP contribution in [0.4, 0.5) is 5.69 Å². The summed E-state index contributed by atoms with van der Waals surface area (Å²) in [5.74, 6) is 0.916. The molecule has 1 amide bonds. The summed E-state index contributed by atoms with van der Waals surface area (Å²) in [4.78, 5) is 20.3. The van der Waals surface area contributed by atoms with E-state index in [9.17, 15) is 4.79 Å². The van der Waals surface area contributed by atoms with Crippen molar-refractivity contribution in [1.29, 1.82) is 0 Å². The van der Waals surface area contributed by atoms with E-state index in [-0.39, 0.29) is 5.91 Å². The smallest absolute Gasteiger partial charge is 0.256 e. The number of nitrogens with zero attached hydrogens (tertiary/aromatic N) is 2. The lowest BCUT2D eigenvalue weighted by Crippen LogP contribution is -2.48. The van der Waals surface area contributed by atoms with Crippen LogP contribution in [0.3, 0.4) is 0 Å². The molecule has 6 heteroatoms. The van der Waals surface area contributed by atoms with Crippen LogP contribution in [-0.2, 0) is 0 Å². The van der Waals surface area contributed by atoms with Gasteiger partial charge in [0.25, 0.3) is 5.91 Å². The number of hydrogen-bond acceptors (Lipinski definition) is 3. The second-order valence-corrected chi connectivity index (χ2v) is 6.78. The van der Waals surface area contributed by atoms with Crippen molar-refractivity contribution in [3.05, 3.63) is 59.2 Å². The molecule has 1 aliphatic rings. The molecule has 134 valence electrons. The van der Waals surface area contributed by atoms with E-state index >= 15 is 0 Å². The number of para-hydroxylation sites is 2. The van der Waals surface area contributed by atoms with Crippen molar-refractivity contribution in [3.63, 3.8) is 0 Å². The van der Waals surface area contributed by atoms with Crippen molar-refractivity contribution in [2.24, 2.45) is 0 Å². The molecule has 1 N–H and O–H groups in total. The molecule has 0 atom stereocenters. The van der Waals surface area contributed by atoms with Gasteiger partial charge in [0.05, 0.1) is 18.4 Å². The van der Waals surface area contributed by atoms with Crippen molar-refractivity contribution >= 4 is 34.1 Å². The van der Waals surface area contributed by atoms with E-state index in [0.717, 1.165) is 35.4 Å². The van der Waals surface area contributed by atoms with E-state index in [4.69, 9.17) is 16.3 Å². The van der Waals surface area contributed by atoms with Gasteiger partial charge in [-0.15, -0.1) is 0 Å². The Hall–Kier alpha value is -2.66. The van der Waals surface area contributed by atoms with E-state index in [1.807, 2.05) is 41.3 Å². The number of methoxy groups -OCH3 is 1. The first kappa shape index (κ1) is 16.8. The van der Waals surface area contributed by atoms with Gasteiger partial charge in [-0.3, -0.25) is 4.79 Å². The van der Waals surface area contributed by atoms with Crippen molar-refractivity contribution in [1.82, 2.24) is 9.88 Å². The van der Waals surface area contributed by atoms with Gasteiger partial charge in [-0.05, 0) is 24.3 Å². The largest absolute Gasteiger partial charge is 0.495 e. The lowest BCUT2D eigenvalue weighted by Gasteiger charge is -2.36. The third-order valence-corrected chi connectivity index (χ3v) is 5.10. The summed E-state index contributed by atoms with van der Waals surface area (Å²) >= 11 is 6.02. The van der Waals surface area contributed by atoms with E-state index in [2.05, 4.69) is 16.0 Å². The maximum atomic E-state index is 13.0. The number of ether oxygens (including phenoxy) is 1. The number of carbonyl (C=O) groups is 1. The normalized spacial score (nSPS) is 14.7. The van der Waals surface area contributed by atoms with Crippen LogP contribution in [0, 0.1) is 0 Å². The van der Waals surface area contributed by atoms with Gasteiger partial charge in [0.15, 0.2) is 0 Å². The molecule has 0 spiro atoms. The SMILES string of the molecule is COc1ccccc1N1CCN(C(=O)c2c[nH]c3cc(Cl)ccc23)CC1. The number of halogens is 1. The Morgan fingerprint density at radius 3 is 2.65 bits per heavy atom. The summed E-state index contributed by atoms with van der Waals surface area (Å²) in [6, 6.07) is 13.5. The van der Waals surface area contributed by atoms with Gasteiger partial charge < -0.3 is 19.5 Å². The fraction of sp³-hybridized carbons (Fsp3) is 0.250. The van der Waals surface area contributed by atoms with Crippen LogP contribution in [0.25, 0.3) is 10.9 Å². The molecular formula is C20H20ClN3O2. The first-order valence-corrected chi connectivity index (χ1v) is 8.99. The molecule has 0 bridgehead atoms.